The van der Waals surface area contributed by atoms with Gasteiger partial charge >= 0.3 is 0 Å². The van der Waals surface area contributed by atoms with Crippen LogP contribution in [0.3, 0.4) is 0 Å². The van der Waals surface area contributed by atoms with E-state index in [-0.39, 0.29) is 18.3 Å². The van der Waals surface area contributed by atoms with Gasteiger partial charge in [0.25, 0.3) is 5.91 Å². The SMILES string of the molecule is Cc1cc(C(=O)Nc2ccc(N)nc2)c(C)n1C1CCCCC1.Cl. The van der Waals surface area contributed by atoms with Crippen LogP contribution in [-0.4, -0.2) is 15.5 Å². The molecular weight excluding hydrogens is 324 g/mol. The number of nitrogens with one attached hydrogen (secondary N) is 1. The minimum Gasteiger partial charge on any atom is -0.384 e. The fourth-order valence-electron chi connectivity index (χ4n) is 3.59. The first kappa shape index (κ1) is 18.3. The molecule has 2 heterocycles. The lowest BCUT2D eigenvalue weighted by Crippen LogP contribution is -2.17. The molecule has 1 saturated carbocycles. The highest BCUT2D eigenvalue weighted by atomic mass is 35.5. The maximum Gasteiger partial charge on any atom is 0.257 e. The standard InChI is InChI=1S/C18H24N4O.ClH/c1-12-10-16(13(2)22(12)15-6-4-3-5-7-15)18(23)21-14-8-9-17(19)20-11-14;/h8-11,15H,3-7H2,1-2H3,(H2,19,20)(H,21,23);1H. The average molecular weight is 349 g/mol. The van der Waals surface area contributed by atoms with Crippen molar-refractivity contribution in [3.05, 3.63) is 41.3 Å². The molecule has 24 heavy (non-hydrogen) atoms. The number of aryl methyl sites for hydroxylation is 1. The number of nitrogens with zero attached hydrogens (tertiary/aromatic N) is 2. The molecule has 6 heteroatoms. The summed E-state index contributed by atoms with van der Waals surface area (Å²) >= 11 is 0. The van der Waals surface area contributed by atoms with Crippen molar-refractivity contribution < 1.29 is 4.79 Å². The number of rotatable bonds is 3. The van der Waals surface area contributed by atoms with Crippen LogP contribution in [0.15, 0.2) is 24.4 Å². The molecule has 0 radical (unpaired) electrons. The highest BCUT2D eigenvalue weighted by molar-refractivity contribution is 6.05. The van der Waals surface area contributed by atoms with Crippen molar-refractivity contribution in [1.82, 2.24) is 9.55 Å². The molecule has 3 N–H and O–H groups in total. The van der Waals surface area contributed by atoms with Crippen molar-refractivity contribution in [2.24, 2.45) is 0 Å². The molecule has 2 aromatic heterocycles. The zero-order valence-electron chi connectivity index (χ0n) is 14.2. The molecule has 0 bridgehead atoms. The number of carbonyl (C=O) groups excluding carboxylic acids is 1. The lowest BCUT2D eigenvalue weighted by molar-refractivity contribution is 0.102. The second kappa shape index (κ2) is 7.71. The quantitative estimate of drug-likeness (QED) is 0.870. The molecule has 0 saturated heterocycles. The molecule has 0 spiro atoms. The molecule has 1 amide bonds. The Morgan fingerprint density at radius 2 is 1.96 bits per heavy atom. The number of pyridine rings is 1. The summed E-state index contributed by atoms with van der Waals surface area (Å²) in [6, 6.07) is 5.97. The number of nitrogen functional groups attached to an aromatic ring is 1. The smallest absolute Gasteiger partial charge is 0.257 e. The third-order valence-electron chi connectivity index (χ3n) is 4.71. The highest BCUT2D eigenvalue weighted by Gasteiger charge is 2.22. The Bertz CT molecular complexity index is 703. The number of aromatic nitrogens is 2. The van der Waals surface area contributed by atoms with E-state index in [1.165, 1.54) is 32.1 Å². The summed E-state index contributed by atoms with van der Waals surface area (Å²) in [5.41, 5.74) is 9.18. The van der Waals surface area contributed by atoms with E-state index in [0.717, 1.165) is 17.0 Å². The first-order chi connectivity index (χ1) is 11.1. The lowest BCUT2D eigenvalue weighted by Gasteiger charge is -2.26. The fraction of sp³-hybridized carbons (Fsp3) is 0.444. The lowest BCUT2D eigenvalue weighted by atomic mass is 9.95. The number of halogens is 1. The molecule has 0 aromatic carbocycles. The molecule has 1 aliphatic rings. The zero-order valence-corrected chi connectivity index (χ0v) is 15.0. The van der Waals surface area contributed by atoms with E-state index in [9.17, 15) is 4.79 Å². The van der Waals surface area contributed by atoms with E-state index in [1.54, 1.807) is 18.3 Å². The molecule has 0 atom stereocenters. The van der Waals surface area contributed by atoms with Gasteiger partial charge in [-0.05, 0) is 44.9 Å². The van der Waals surface area contributed by atoms with Gasteiger partial charge in [-0.3, -0.25) is 4.79 Å². The normalized spacial score (nSPS) is 14.9. The van der Waals surface area contributed by atoms with E-state index >= 15 is 0 Å². The Morgan fingerprint density at radius 1 is 1.25 bits per heavy atom. The molecule has 1 aliphatic carbocycles. The molecule has 2 aromatic rings. The van der Waals surface area contributed by atoms with Crippen molar-refractivity contribution in [1.29, 1.82) is 0 Å². The van der Waals surface area contributed by atoms with Crippen LogP contribution < -0.4 is 11.1 Å². The molecule has 0 unspecified atom stereocenters. The number of nitrogens with two attached hydrogens (primary N) is 1. The minimum absolute atomic E-state index is 0. The second-order valence-electron chi connectivity index (χ2n) is 6.37. The van der Waals surface area contributed by atoms with Crippen molar-refractivity contribution in [3.63, 3.8) is 0 Å². The van der Waals surface area contributed by atoms with Gasteiger partial charge in [-0.1, -0.05) is 19.3 Å². The number of carbonyl (C=O) groups is 1. The van der Waals surface area contributed by atoms with Gasteiger partial charge in [-0.15, -0.1) is 12.4 Å². The third-order valence-corrected chi connectivity index (χ3v) is 4.71. The molecule has 5 nitrogen and oxygen atoms in total. The monoisotopic (exact) mass is 348 g/mol. The van der Waals surface area contributed by atoms with Crippen molar-refractivity contribution in [2.75, 3.05) is 11.1 Å². The Balaban J connectivity index is 0.00000208. The topological polar surface area (TPSA) is 72.9 Å². The maximum absolute atomic E-state index is 12.6. The predicted octanol–water partition coefficient (Wildman–Crippen LogP) is 4.26. The van der Waals surface area contributed by atoms with Gasteiger partial charge in [0.1, 0.15) is 5.82 Å². The van der Waals surface area contributed by atoms with Crippen LogP contribution >= 0.6 is 12.4 Å². The molecule has 1 fully saturated rings. The summed E-state index contributed by atoms with van der Waals surface area (Å²) in [6.45, 7) is 4.13. The van der Waals surface area contributed by atoms with E-state index in [0.29, 0.717) is 17.5 Å². The summed E-state index contributed by atoms with van der Waals surface area (Å²) in [5.74, 6) is 0.352. The Labute approximate surface area is 149 Å². The Hall–Kier alpha value is -2.01. The molecular formula is C18H25ClN4O. The van der Waals surface area contributed by atoms with Gasteiger partial charge in [0.15, 0.2) is 0 Å². The van der Waals surface area contributed by atoms with Crippen LogP contribution in [-0.2, 0) is 0 Å². The van der Waals surface area contributed by atoms with Crippen LogP contribution in [0, 0.1) is 13.8 Å². The second-order valence-corrected chi connectivity index (χ2v) is 6.37. The van der Waals surface area contributed by atoms with E-state index in [1.807, 2.05) is 13.0 Å². The fourth-order valence-corrected chi connectivity index (χ4v) is 3.59. The van der Waals surface area contributed by atoms with Crippen molar-refractivity contribution in [3.8, 4) is 0 Å². The first-order valence-electron chi connectivity index (χ1n) is 8.27. The van der Waals surface area contributed by atoms with Gasteiger partial charge in [-0.2, -0.15) is 0 Å². The number of hydrogen-bond acceptors (Lipinski definition) is 3. The number of hydrogen-bond donors (Lipinski definition) is 2. The Morgan fingerprint density at radius 3 is 2.58 bits per heavy atom. The van der Waals surface area contributed by atoms with E-state index in [2.05, 4.69) is 21.8 Å². The number of amides is 1. The molecule has 0 aliphatic heterocycles. The summed E-state index contributed by atoms with van der Waals surface area (Å²) in [7, 11) is 0. The predicted molar refractivity (Wildman–Crippen MR) is 99.9 cm³/mol. The van der Waals surface area contributed by atoms with E-state index < -0.39 is 0 Å². The minimum atomic E-state index is -0.0910. The van der Waals surface area contributed by atoms with Crippen molar-refractivity contribution >= 4 is 29.8 Å². The summed E-state index contributed by atoms with van der Waals surface area (Å²) in [5, 5.41) is 2.90. The zero-order chi connectivity index (χ0) is 16.4. The third kappa shape index (κ3) is 3.73. The van der Waals surface area contributed by atoms with Crippen LogP contribution in [0.2, 0.25) is 0 Å². The van der Waals surface area contributed by atoms with E-state index in [4.69, 9.17) is 5.73 Å². The van der Waals surface area contributed by atoms with Gasteiger partial charge in [0.05, 0.1) is 17.4 Å². The molecule has 130 valence electrons. The molecule has 3 rings (SSSR count). The van der Waals surface area contributed by atoms with Crippen molar-refractivity contribution in [2.45, 2.75) is 52.0 Å². The van der Waals surface area contributed by atoms with Crippen LogP contribution in [0.25, 0.3) is 0 Å². The van der Waals surface area contributed by atoms with Gasteiger partial charge < -0.3 is 15.6 Å². The first-order valence-corrected chi connectivity index (χ1v) is 8.27. The Kier molecular flexibility index (Phi) is 5.89. The van der Waals surface area contributed by atoms with Gasteiger partial charge in [0, 0.05) is 17.4 Å². The van der Waals surface area contributed by atoms with Gasteiger partial charge in [0.2, 0.25) is 0 Å². The summed E-state index contributed by atoms with van der Waals surface area (Å²) in [4.78, 5) is 16.6. The van der Waals surface area contributed by atoms with Crippen LogP contribution in [0.1, 0.15) is 59.9 Å². The highest BCUT2D eigenvalue weighted by Crippen LogP contribution is 2.32. The van der Waals surface area contributed by atoms with Gasteiger partial charge in [-0.25, -0.2) is 4.98 Å². The summed E-state index contributed by atoms with van der Waals surface area (Å²) < 4.78 is 2.34. The largest absolute Gasteiger partial charge is 0.384 e. The van der Waals surface area contributed by atoms with Crippen LogP contribution in [0.4, 0.5) is 11.5 Å². The van der Waals surface area contributed by atoms with Crippen LogP contribution in [0.5, 0.6) is 0 Å². The summed E-state index contributed by atoms with van der Waals surface area (Å²) in [6.07, 6.45) is 7.88. The number of anilines is 2. The maximum atomic E-state index is 12.6. The average Bonchev–Trinajstić information content (AvgIpc) is 2.85.